The first-order valence-electron chi connectivity index (χ1n) is 8.09. The van der Waals surface area contributed by atoms with Gasteiger partial charge < -0.3 is 14.6 Å². The normalized spacial score (nSPS) is 27.7. The molecule has 1 saturated carbocycles. The first kappa shape index (κ1) is 17.8. The van der Waals surface area contributed by atoms with Crippen LogP contribution in [0.4, 0.5) is 4.79 Å². The fraction of sp³-hybridized carbons (Fsp3) is 0.722. The Balaban J connectivity index is 2.58. The number of carbonyl (C=O) groups excluding carboxylic acids is 1. The van der Waals surface area contributed by atoms with Gasteiger partial charge in [-0.1, -0.05) is 45.4 Å². The van der Waals surface area contributed by atoms with Crippen LogP contribution < -0.4 is 5.11 Å². The van der Waals surface area contributed by atoms with Crippen LogP contribution in [0.5, 0.6) is 0 Å². The summed E-state index contributed by atoms with van der Waals surface area (Å²) < 4.78 is 4.76. The highest BCUT2D eigenvalue weighted by molar-refractivity contribution is 5.54. The topological polar surface area (TPSA) is 49.4 Å². The molecule has 0 aromatic heterocycles. The summed E-state index contributed by atoms with van der Waals surface area (Å²) in [6.45, 7) is 10.5. The lowest BCUT2D eigenvalue weighted by atomic mass is 9.70. The van der Waals surface area contributed by atoms with E-state index in [9.17, 15) is 9.90 Å². The van der Waals surface area contributed by atoms with Gasteiger partial charge in [-0.25, -0.2) is 0 Å². The van der Waals surface area contributed by atoms with Gasteiger partial charge in [0.05, 0.1) is 0 Å². The smallest absolute Gasteiger partial charge is 0.252 e. The second kappa shape index (κ2) is 8.91. The molecular formula is C18H29O3-. The predicted octanol–water partition coefficient (Wildman–Crippen LogP) is 3.95. The number of ether oxygens (including phenoxy) is 1. The van der Waals surface area contributed by atoms with Gasteiger partial charge in [0.25, 0.3) is 6.16 Å². The Morgan fingerprint density at radius 3 is 2.67 bits per heavy atom. The molecule has 0 spiro atoms. The van der Waals surface area contributed by atoms with E-state index < -0.39 is 6.16 Å². The molecule has 0 saturated heterocycles. The van der Waals surface area contributed by atoms with Gasteiger partial charge in [-0.2, -0.15) is 0 Å². The summed E-state index contributed by atoms with van der Waals surface area (Å²) in [5.74, 6) is 2.80. The van der Waals surface area contributed by atoms with Crippen LogP contribution in [0.2, 0.25) is 0 Å². The third kappa shape index (κ3) is 6.36. The van der Waals surface area contributed by atoms with Crippen molar-refractivity contribution in [3.8, 4) is 0 Å². The minimum absolute atomic E-state index is 0.373. The summed E-state index contributed by atoms with van der Waals surface area (Å²) in [4.78, 5) is 10.5. The summed E-state index contributed by atoms with van der Waals surface area (Å²) >= 11 is 0. The number of hydrogen-bond acceptors (Lipinski definition) is 3. The summed E-state index contributed by atoms with van der Waals surface area (Å²) in [7, 11) is 0. The van der Waals surface area contributed by atoms with Gasteiger partial charge in [0.1, 0.15) is 0 Å². The summed E-state index contributed by atoms with van der Waals surface area (Å²) in [6, 6.07) is 0. The molecule has 0 heterocycles. The standard InChI is InChI=1S/C18H30O3/c1-5-7-16(21-18(19)20)9-6-8-15-12-14(4)10-11-17(15)13(2)3/h5-6,8,13-17H,1,7,9-12H2,2-4H3,(H,19,20)/p-1/t14-,15?,16-,17+/m1/s1. The number of carboxylic acid groups (broad SMARTS) is 1. The van der Waals surface area contributed by atoms with Crippen LogP contribution in [0.1, 0.15) is 52.9 Å². The van der Waals surface area contributed by atoms with Crippen molar-refractivity contribution in [1.29, 1.82) is 0 Å². The van der Waals surface area contributed by atoms with Crippen molar-refractivity contribution in [2.24, 2.45) is 23.7 Å². The van der Waals surface area contributed by atoms with E-state index in [0.29, 0.717) is 24.7 Å². The third-order valence-corrected chi connectivity index (χ3v) is 4.55. The maximum atomic E-state index is 10.5. The Kier molecular flexibility index (Phi) is 7.55. The Bertz CT molecular complexity index is 359. The van der Waals surface area contributed by atoms with Crippen molar-refractivity contribution in [3.05, 3.63) is 24.8 Å². The zero-order valence-electron chi connectivity index (χ0n) is 13.6. The van der Waals surface area contributed by atoms with E-state index in [4.69, 9.17) is 4.74 Å². The quantitative estimate of drug-likeness (QED) is 0.527. The monoisotopic (exact) mass is 293 g/mol. The molecule has 0 aromatic rings. The minimum atomic E-state index is -1.46. The van der Waals surface area contributed by atoms with Crippen LogP contribution in [-0.2, 0) is 4.74 Å². The van der Waals surface area contributed by atoms with E-state index in [2.05, 4.69) is 39.5 Å². The zero-order chi connectivity index (χ0) is 15.8. The van der Waals surface area contributed by atoms with E-state index in [1.165, 1.54) is 19.3 Å². The lowest BCUT2D eigenvalue weighted by Crippen LogP contribution is -2.29. The van der Waals surface area contributed by atoms with Crippen LogP contribution in [0.15, 0.2) is 24.8 Å². The van der Waals surface area contributed by atoms with E-state index in [-0.39, 0.29) is 6.10 Å². The van der Waals surface area contributed by atoms with Gasteiger partial charge in [0.2, 0.25) is 0 Å². The zero-order valence-corrected chi connectivity index (χ0v) is 13.6. The first-order valence-corrected chi connectivity index (χ1v) is 8.09. The second-order valence-electron chi connectivity index (χ2n) is 6.67. The van der Waals surface area contributed by atoms with Gasteiger partial charge in [-0.15, -0.1) is 6.58 Å². The number of carbonyl (C=O) groups is 1. The first-order chi connectivity index (χ1) is 9.93. The molecule has 3 heteroatoms. The lowest BCUT2D eigenvalue weighted by Gasteiger charge is -2.36. The molecule has 21 heavy (non-hydrogen) atoms. The molecule has 1 unspecified atom stereocenters. The van der Waals surface area contributed by atoms with Crippen molar-refractivity contribution in [1.82, 2.24) is 0 Å². The molecule has 0 aliphatic heterocycles. The Morgan fingerprint density at radius 1 is 1.38 bits per heavy atom. The SMILES string of the molecule is C=CC[C@H](CC=CC1C[C@H](C)CC[C@H]1C(C)C)OC(=O)[O-]. The molecule has 0 aromatic carbocycles. The molecule has 1 rings (SSSR count). The molecule has 1 aliphatic rings. The van der Waals surface area contributed by atoms with Gasteiger partial charge in [-0.3, -0.25) is 0 Å². The molecule has 0 amide bonds. The molecule has 0 radical (unpaired) electrons. The number of rotatable bonds is 7. The Hall–Kier alpha value is -1.25. The minimum Gasteiger partial charge on any atom is -0.546 e. The van der Waals surface area contributed by atoms with Gasteiger partial charge in [0, 0.05) is 6.10 Å². The molecule has 0 bridgehead atoms. The third-order valence-electron chi connectivity index (χ3n) is 4.55. The summed E-state index contributed by atoms with van der Waals surface area (Å²) in [6.07, 6.45) is 9.16. The molecular weight excluding hydrogens is 264 g/mol. The van der Waals surface area contributed by atoms with E-state index in [0.717, 1.165) is 11.8 Å². The van der Waals surface area contributed by atoms with Crippen molar-refractivity contribution in [3.63, 3.8) is 0 Å². The Labute approximate surface area is 129 Å². The van der Waals surface area contributed by atoms with Crippen LogP contribution in [0.3, 0.4) is 0 Å². The average molecular weight is 293 g/mol. The maximum Gasteiger partial charge on any atom is 0.252 e. The predicted molar refractivity (Wildman–Crippen MR) is 83.7 cm³/mol. The van der Waals surface area contributed by atoms with Crippen LogP contribution in [0.25, 0.3) is 0 Å². The van der Waals surface area contributed by atoms with E-state index in [1.54, 1.807) is 6.08 Å². The highest BCUT2D eigenvalue weighted by Crippen LogP contribution is 2.38. The summed E-state index contributed by atoms with van der Waals surface area (Å²) in [5, 5.41) is 10.5. The Morgan fingerprint density at radius 2 is 2.10 bits per heavy atom. The number of allylic oxidation sites excluding steroid dienone is 1. The van der Waals surface area contributed by atoms with Gasteiger partial charge in [0.15, 0.2) is 0 Å². The van der Waals surface area contributed by atoms with Crippen LogP contribution >= 0.6 is 0 Å². The van der Waals surface area contributed by atoms with Gasteiger partial charge in [-0.05, 0) is 49.4 Å². The average Bonchev–Trinajstić information content (AvgIpc) is 2.38. The molecule has 4 atom stereocenters. The van der Waals surface area contributed by atoms with Crippen LogP contribution in [-0.4, -0.2) is 12.3 Å². The van der Waals surface area contributed by atoms with Crippen molar-refractivity contribution in [2.75, 3.05) is 0 Å². The maximum absolute atomic E-state index is 10.5. The molecule has 1 fully saturated rings. The fourth-order valence-corrected chi connectivity index (χ4v) is 3.42. The van der Waals surface area contributed by atoms with Crippen molar-refractivity contribution >= 4 is 6.16 Å². The molecule has 1 aliphatic carbocycles. The summed E-state index contributed by atoms with van der Waals surface area (Å²) in [5.41, 5.74) is 0. The van der Waals surface area contributed by atoms with E-state index >= 15 is 0 Å². The lowest BCUT2D eigenvalue weighted by molar-refractivity contribution is -0.287. The molecule has 0 N–H and O–H groups in total. The van der Waals surface area contributed by atoms with E-state index in [1.807, 2.05) is 0 Å². The fourth-order valence-electron chi connectivity index (χ4n) is 3.42. The highest BCUT2D eigenvalue weighted by Gasteiger charge is 2.28. The van der Waals surface area contributed by atoms with Crippen molar-refractivity contribution < 1.29 is 14.6 Å². The molecule has 120 valence electrons. The van der Waals surface area contributed by atoms with Crippen LogP contribution in [0, 0.1) is 23.7 Å². The van der Waals surface area contributed by atoms with Crippen molar-refractivity contribution in [2.45, 2.75) is 59.0 Å². The van der Waals surface area contributed by atoms with Gasteiger partial charge >= 0.3 is 0 Å². The highest BCUT2D eigenvalue weighted by atomic mass is 16.7. The largest absolute Gasteiger partial charge is 0.546 e. The second-order valence-corrected chi connectivity index (χ2v) is 6.67. The molecule has 3 nitrogen and oxygen atoms in total. The number of hydrogen-bond donors (Lipinski definition) is 0.